The highest BCUT2D eigenvalue weighted by Gasteiger charge is 2.85. The molecule has 8 heteroatoms. The Morgan fingerprint density at radius 1 is 1.33 bits per heavy atom. The van der Waals surface area contributed by atoms with Crippen LogP contribution in [0.15, 0.2) is 11.6 Å². The predicted octanol–water partition coefficient (Wildman–Crippen LogP) is 1.12. The number of ether oxygens (including phenoxy) is 4. The Hall–Kier alpha value is -1.48. The molecule has 0 amide bonds. The lowest BCUT2D eigenvalue weighted by atomic mass is 9.51. The standard InChI is InChI=1S/C22H32O8/c1-11(2)6-16(24)29-14-8-21(9-27-13(4)23)15(7-12(14)3)30-19-17(25)18(26)20(21,5)22(19)10-28-22/h7,11,14-15,17-19,25-26H,6,8-10H2,1-5H3/t14-,15-,17+,18-,19?,20-,21-,22?/m0/s1. The van der Waals surface area contributed by atoms with Crippen LogP contribution >= 0.6 is 0 Å². The average molecular weight is 424 g/mol. The van der Waals surface area contributed by atoms with Crippen molar-refractivity contribution < 1.29 is 38.7 Å². The molecular formula is C22H32O8. The third-order valence-corrected chi connectivity index (χ3v) is 7.74. The summed E-state index contributed by atoms with van der Waals surface area (Å²) in [6.07, 6.45) is -1.50. The van der Waals surface area contributed by atoms with Crippen molar-refractivity contribution in [2.45, 2.75) is 83.6 Å². The minimum atomic E-state index is -1.13. The molecule has 3 fully saturated rings. The van der Waals surface area contributed by atoms with Crippen LogP contribution in [0, 0.1) is 16.7 Å². The van der Waals surface area contributed by atoms with Crippen molar-refractivity contribution in [3.05, 3.63) is 11.6 Å². The van der Waals surface area contributed by atoms with Gasteiger partial charge in [-0.05, 0) is 18.4 Å². The minimum Gasteiger partial charge on any atom is -0.465 e. The predicted molar refractivity (Wildman–Crippen MR) is 104 cm³/mol. The quantitative estimate of drug-likeness (QED) is 0.383. The van der Waals surface area contributed by atoms with E-state index in [4.69, 9.17) is 18.9 Å². The van der Waals surface area contributed by atoms with Gasteiger partial charge in [0.2, 0.25) is 0 Å². The first-order chi connectivity index (χ1) is 14.0. The van der Waals surface area contributed by atoms with Gasteiger partial charge in [-0.1, -0.05) is 26.8 Å². The minimum absolute atomic E-state index is 0.0346. The molecule has 2 unspecified atom stereocenters. The molecule has 0 aromatic rings. The molecule has 4 rings (SSSR count). The highest BCUT2D eigenvalue weighted by molar-refractivity contribution is 5.70. The number of hydrogen-bond donors (Lipinski definition) is 2. The zero-order valence-electron chi connectivity index (χ0n) is 18.2. The fourth-order valence-corrected chi connectivity index (χ4v) is 5.92. The summed E-state index contributed by atoms with van der Waals surface area (Å²) < 4.78 is 23.4. The summed E-state index contributed by atoms with van der Waals surface area (Å²) in [5.74, 6) is -0.584. The first kappa shape index (κ1) is 21.7. The van der Waals surface area contributed by atoms with Gasteiger partial charge in [-0.15, -0.1) is 0 Å². The Balaban J connectivity index is 1.75. The number of carbonyl (C=O) groups excluding carboxylic acids is 2. The van der Waals surface area contributed by atoms with Crippen LogP contribution in [0.4, 0.5) is 0 Å². The molecule has 1 spiro atoms. The number of aliphatic hydroxyl groups excluding tert-OH is 2. The Kier molecular flexibility index (Phi) is 5.09. The van der Waals surface area contributed by atoms with E-state index in [9.17, 15) is 19.8 Å². The molecule has 168 valence electrons. The molecule has 30 heavy (non-hydrogen) atoms. The van der Waals surface area contributed by atoms with Crippen LogP contribution in [-0.2, 0) is 28.5 Å². The second-order valence-corrected chi connectivity index (χ2v) is 9.92. The van der Waals surface area contributed by atoms with Gasteiger partial charge in [0.1, 0.15) is 30.5 Å². The largest absolute Gasteiger partial charge is 0.465 e. The Bertz CT molecular complexity index is 771. The van der Waals surface area contributed by atoms with Gasteiger partial charge in [-0.3, -0.25) is 9.59 Å². The Labute approximate surface area is 176 Å². The molecule has 2 N–H and O–H groups in total. The number of carbonyl (C=O) groups is 2. The summed E-state index contributed by atoms with van der Waals surface area (Å²) >= 11 is 0. The van der Waals surface area contributed by atoms with E-state index in [1.54, 1.807) is 0 Å². The van der Waals surface area contributed by atoms with E-state index in [0.717, 1.165) is 5.57 Å². The summed E-state index contributed by atoms with van der Waals surface area (Å²) in [4.78, 5) is 24.1. The van der Waals surface area contributed by atoms with E-state index in [0.29, 0.717) is 19.4 Å². The Morgan fingerprint density at radius 2 is 2.00 bits per heavy atom. The number of aliphatic hydroxyl groups is 2. The molecule has 0 aromatic carbocycles. The third-order valence-electron chi connectivity index (χ3n) is 7.74. The maximum atomic E-state index is 12.4. The summed E-state index contributed by atoms with van der Waals surface area (Å²) in [5, 5.41) is 21.9. The van der Waals surface area contributed by atoms with Gasteiger partial charge in [0.15, 0.2) is 0 Å². The van der Waals surface area contributed by atoms with E-state index < -0.39 is 52.9 Å². The van der Waals surface area contributed by atoms with E-state index in [1.165, 1.54) is 6.92 Å². The molecule has 0 aromatic heterocycles. The number of epoxide rings is 1. The van der Waals surface area contributed by atoms with Crippen molar-refractivity contribution in [2.24, 2.45) is 16.7 Å². The topological polar surface area (TPSA) is 115 Å². The fraction of sp³-hybridized carbons (Fsp3) is 0.818. The van der Waals surface area contributed by atoms with Crippen LogP contribution in [0.3, 0.4) is 0 Å². The number of esters is 2. The highest BCUT2D eigenvalue weighted by atomic mass is 16.6. The number of fused-ring (bicyclic) bond motifs is 2. The zero-order valence-corrected chi connectivity index (χ0v) is 18.2. The van der Waals surface area contributed by atoms with Gasteiger partial charge in [0, 0.05) is 30.6 Å². The van der Waals surface area contributed by atoms with Crippen LogP contribution in [0.1, 0.15) is 47.5 Å². The molecule has 2 heterocycles. The van der Waals surface area contributed by atoms with Crippen molar-refractivity contribution >= 4 is 11.9 Å². The summed E-state index contributed by atoms with van der Waals surface area (Å²) in [5.41, 5.74) is -1.89. The second-order valence-electron chi connectivity index (χ2n) is 9.92. The monoisotopic (exact) mass is 424 g/mol. The first-order valence-corrected chi connectivity index (χ1v) is 10.7. The SMILES string of the molecule is CC(=O)OC[C@@]12C[C@H](OC(=O)CC(C)C)C(C)=C[C@@H]1OC1[C@H](O)[C@H](O)[C@]2(C)C12CO2. The average Bonchev–Trinajstić information content (AvgIpc) is 3.43. The molecular weight excluding hydrogens is 392 g/mol. The molecule has 2 aliphatic carbocycles. The van der Waals surface area contributed by atoms with Gasteiger partial charge in [0.05, 0.1) is 18.8 Å². The summed E-state index contributed by atoms with van der Waals surface area (Å²) in [6, 6.07) is 0. The van der Waals surface area contributed by atoms with Crippen molar-refractivity contribution in [3.63, 3.8) is 0 Å². The molecule has 0 radical (unpaired) electrons. The summed E-state index contributed by atoms with van der Waals surface area (Å²) in [7, 11) is 0. The smallest absolute Gasteiger partial charge is 0.306 e. The van der Waals surface area contributed by atoms with Gasteiger partial charge in [0.25, 0.3) is 0 Å². The Morgan fingerprint density at radius 3 is 2.57 bits per heavy atom. The van der Waals surface area contributed by atoms with Crippen molar-refractivity contribution in [1.82, 2.24) is 0 Å². The maximum Gasteiger partial charge on any atom is 0.306 e. The van der Waals surface area contributed by atoms with Crippen LogP contribution < -0.4 is 0 Å². The lowest BCUT2D eigenvalue weighted by molar-refractivity contribution is -0.239. The number of rotatable bonds is 5. The molecule has 8 nitrogen and oxygen atoms in total. The van der Waals surface area contributed by atoms with Crippen molar-refractivity contribution in [1.29, 1.82) is 0 Å². The molecule has 2 aliphatic heterocycles. The van der Waals surface area contributed by atoms with E-state index >= 15 is 0 Å². The normalized spacial score (nSPS) is 46.4. The van der Waals surface area contributed by atoms with Gasteiger partial charge in [-0.25, -0.2) is 0 Å². The lowest BCUT2D eigenvalue weighted by Gasteiger charge is -2.58. The van der Waals surface area contributed by atoms with Crippen molar-refractivity contribution in [3.8, 4) is 0 Å². The third kappa shape index (κ3) is 2.80. The molecule has 2 saturated heterocycles. The molecule has 2 bridgehead atoms. The van der Waals surface area contributed by atoms with Gasteiger partial charge >= 0.3 is 11.9 Å². The van der Waals surface area contributed by atoms with Crippen LogP contribution in [0.2, 0.25) is 0 Å². The lowest BCUT2D eigenvalue weighted by Crippen LogP contribution is -2.67. The first-order valence-electron chi connectivity index (χ1n) is 10.7. The molecule has 1 saturated carbocycles. The van der Waals surface area contributed by atoms with Gasteiger partial charge < -0.3 is 29.2 Å². The van der Waals surface area contributed by atoms with Crippen LogP contribution in [-0.4, -0.2) is 71.5 Å². The number of hydrogen-bond acceptors (Lipinski definition) is 8. The maximum absolute atomic E-state index is 12.4. The second kappa shape index (κ2) is 7.02. The van der Waals surface area contributed by atoms with E-state index in [-0.39, 0.29) is 18.5 Å². The van der Waals surface area contributed by atoms with Crippen LogP contribution in [0.25, 0.3) is 0 Å². The zero-order chi connectivity index (χ0) is 22.1. The van der Waals surface area contributed by atoms with Crippen LogP contribution in [0.5, 0.6) is 0 Å². The highest BCUT2D eigenvalue weighted by Crippen LogP contribution is 2.71. The molecule has 4 aliphatic rings. The van der Waals surface area contributed by atoms with E-state index in [1.807, 2.05) is 33.8 Å². The molecule has 8 atom stereocenters. The fourth-order valence-electron chi connectivity index (χ4n) is 5.92. The summed E-state index contributed by atoms with van der Waals surface area (Å²) in [6.45, 7) is 9.28. The van der Waals surface area contributed by atoms with E-state index in [2.05, 4.69) is 0 Å². The van der Waals surface area contributed by atoms with Crippen molar-refractivity contribution in [2.75, 3.05) is 13.2 Å². The van der Waals surface area contributed by atoms with Gasteiger partial charge in [-0.2, -0.15) is 0 Å².